The lowest BCUT2D eigenvalue weighted by Gasteiger charge is -2.22. The molecule has 12 heteroatoms. The van der Waals surface area contributed by atoms with Crippen molar-refractivity contribution < 1.29 is 57.1 Å². The van der Waals surface area contributed by atoms with Crippen LogP contribution in [0.5, 0.6) is 0 Å². The van der Waals surface area contributed by atoms with E-state index in [-0.39, 0.29) is 62.1 Å². The molecule has 0 spiro atoms. The first-order chi connectivity index (χ1) is 28.9. The Labute approximate surface area is 358 Å². The third-order valence-electron chi connectivity index (χ3n) is 10.3. The van der Waals surface area contributed by atoms with Gasteiger partial charge in [-0.1, -0.05) is 121 Å². The highest BCUT2D eigenvalue weighted by Gasteiger charge is 2.39. The molecule has 0 N–H and O–H groups in total. The average molecular weight is 841 g/mol. The highest BCUT2D eigenvalue weighted by molar-refractivity contribution is 5.89. The van der Waals surface area contributed by atoms with Crippen molar-refractivity contribution in [2.75, 3.05) is 39.6 Å². The monoisotopic (exact) mass is 841 g/mol. The second kappa shape index (κ2) is 28.6. The molecule has 2 fully saturated rings. The Morgan fingerprint density at radius 3 is 1.40 bits per heavy atom. The number of ether oxygens (including phenoxy) is 8. The first-order valence-electron chi connectivity index (χ1n) is 22.3. The molecule has 4 unspecified atom stereocenters. The molecular formula is C48H72O12. The van der Waals surface area contributed by atoms with Crippen molar-refractivity contribution in [3.63, 3.8) is 0 Å². The Bertz CT molecular complexity index is 1500. The predicted molar refractivity (Wildman–Crippen MR) is 228 cm³/mol. The molecule has 2 aromatic rings. The van der Waals surface area contributed by atoms with Crippen molar-refractivity contribution in [2.45, 2.75) is 161 Å². The Morgan fingerprint density at radius 2 is 0.983 bits per heavy atom. The van der Waals surface area contributed by atoms with Gasteiger partial charge in [0, 0.05) is 12.8 Å². The van der Waals surface area contributed by atoms with Gasteiger partial charge in [-0.2, -0.15) is 0 Å². The second-order valence-corrected chi connectivity index (χ2v) is 16.5. The van der Waals surface area contributed by atoms with Gasteiger partial charge in [-0.3, -0.25) is 9.59 Å². The average Bonchev–Trinajstić information content (AvgIpc) is 3.83. The second-order valence-electron chi connectivity index (χ2n) is 16.5. The molecule has 2 heterocycles. The van der Waals surface area contributed by atoms with Crippen molar-refractivity contribution in [1.29, 1.82) is 0 Å². The van der Waals surface area contributed by atoms with Gasteiger partial charge in [0.25, 0.3) is 0 Å². The summed E-state index contributed by atoms with van der Waals surface area (Å²) >= 11 is 0. The lowest BCUT2D eigenvalue weighted by atomic mass is 10.0. The summed E-state index contributed by atoms with van der Waals surface area (Å²) in [6, 6.07) is 17.7. The molecule has 0 bridgehead atoms. The van der Waals surface area contributed by atoms with E-state index in [2.05, 4.69) is 20.8 Å². The molecule has 0 aromatic heterocycles. The maximum Gasteiger partial charge on any atom is 0.338 e. The topological polar surface area (TPSA) is 142 Å². The van der Waals surface area contributed by atoms with E-state index in [1.165, 1.54) is 51.4 Å². The van der Waals surface area contributed by atoms with Gasteiger partial charge >= 0.3 is 23.9 Å². The molecule has 2 saturated heterocycles. The minimum absolute atomic E-state index is 0.116. The summed E-state index contributed by atoms with van der Waals surface area (Å²) in [5.41, 5.74) is 1.00. The summed E-state index contributed by atoms with van der Waals surface area (Å²) < 4.78 is 44.4. The lowest BCUT2D eigenvalue weighted by molar-refractivity contribution is -0.170. The van der Waals surface area contributed by atoms with Crippen molar-refractivity contribution in [3.05, 3.63) is 71.8 Å². The fraction of sp³-hybridized carbons (Fsp3) is 0.667. The third kappa shape index (κ3) is 21.6. The van der Waals surface area contributed by atoms with E-state index in [0.29, 0.717) is 50.4 Å². The van der Waals surface area contributed by atoms with Crippen LogP contribution in [0.3, 0.4) is 0 Å². The molecule has 12 nitrogen and oxygen atoms in total. The first-order valence-corrected chi connectivity index (χ1v) is 22.3. The number of rotatable bonds is 27. The van der Waals surface area contributed by atoms with Gasteiger partial charge in [-0.15, -0.1) is 0 Å². The molecule has 0 amide bonds. The van der Waals surface area contributed by atoms with Crippen LogP contribution >= 0.6 is 0 Å². The highest BCUT2D eigenvalue weighted by atomic mass is 16.8. The third-order valence-corrected chi connectivity index (χ3v) is 10.3. The SMILES string of the molecule is CC(C)CCCCCCOC(=O)CCC1(C)OCC(COC(=O)c2ccccc2)O1.CCCCCCCCCOC(=O)CCC1(C)OCC(COC(=O)c2ccccc2)O1. The Morgan fingerprint density at radius 1 is 0.583 bits per heavy atom. The van der Waals surface area contributed by atoms with Gasteiger partial charge in [-0.05, 0) is 56.9 Å². The summed E-state index contributed by atoms with van der Waals surface area (Å²) in [6.45, 7) is 12.1. The summed E-state index contributed by atoms with van der Waals surface area (Å²) in [5, 5.41) is 0. The molecule has 4 rings (SSSR count). The van der Waals surface area contributed by atoms with Crippen molar-refractivity contribution in [3.8, 4) is 0 Å². The molecule has 4 atom stereocenters. The Balaban J connectivity index is 0.000000320. The molecule has 0 saturated carbocycles. The van der Waals surface area contributed by atoms with Crippen molar-refractivity contribution >= 4 is 23.9 Å². The fourth-order valence-electron chi connectivity index (χ4n) is 6.70. The van der Waals surface area contributed by atoms with Gasteiger partial charge in [0.05, 0.1) is 50.4 Å². The smallest absolute Gasteiger partial charge is 0.338 e. The normalized spacial score (nSPS) is 20.9. The van der Waals surface area contributed by atoms with Gasteiger partial charge in [0.1, 0.15) is 25.4 Å². The van der Waals surface area contributed by atoms with Crippen LogP contribution in [0, 0.1) is 5.92 Å². The minimum Gasteiger partial charge on any atom is -0.466 e. The molecule has 60 heavy (non-hydrogen) atoms. The van der Waals surface area contributed by atoms with E-state index < -0.39 is 11.6 Å². The summed E-state index contributed by atoms with van der Waals surface area (Å²) in [5.74, 6) is -2.21. The van der Waals surface area contributed by atoms with E-state index in [1.807, 2.05) is 12.1 Å². The molecule has 0 radical (unpaired) electrons. The van der Waals surface area contributed by atoms with Crippen LogP contribution in [-0.4, -0.2) is 87.3 Å². The van der Waals surface area contributed by atoms with Gasteiger partial charge in [0.2, 0.25) is 0 Å². The highest BCUT2D eigenvalue weighted by Crippen LogP contribution is 2.30. The van der Waals surface area contributed by atoms with E-state index in [9.17, 15) is 19.2 Å². The quantitative estimate of drug-likeness (QED) is 0.0480. The minimum atomic E-state index is -0.861. The Hall–Kier alpha value is -3.84. The summed E-state index contributed by atoms with van der Waals surface area (Å²) in [7, 11) is 0. The maximum atomic E-state index is 12.0. The summed E-state index contributed by atoms with van der Waals surface area (Å²) in [6.07, 6.45) is 14.6. The van der Waals surface area contributed by atoms with Crippen LogP contribution in [-0.2, 0) is 47.5 Å². The van der Waals surface area contributed by atoms with Crippen molar-refractivity contribution in [1.82, 2.24) is 0 Å². The molecule has 2 aliphatic heterocycles. The number of hydrogen-bond acceptors (Lipinski definition) is 12. The molecule has 336 valence electrons. The van der Waals surface area contributed by atoms with Crippen LogP contribution in [0.2, 0.25) is 0 Å². The van der Waals surface area contributed by atoms with Crippen molar-refractivity contribution in [2.24, 2.45) is 5.92 Å². The Kier molecular flexibility index (Phi) is 24.1. The standard InChI is InChI=1S/2C24H36O6/c1-19(2)11-7-4-5-10-16-27-22(25)14-15-24(3)29-18-21(30-24)17-28-23(26)20-12-8-6-9-13-20;1-3-4-5-6-7-8-12-17-27-22(25)15-16-24(2)29-19-21(30-24)18-28-23(26)20-13-10-9-11-14-20/h6,8-9,12-13,19,21H,4-5,7,10-11,14-18H2,1-3H3;9-11,13-14,21H,3-8,12,15-19H2,1-2H3. The number of esters is 4. The van der Waals surface area contributed by atoms with Gasteiger partial charge in [0.15, 0.2) is 11.6 Å². The van der Waals surface area contributed by atoms with E-state index >= 15 is 0 Å². The van der Waals surface area contributed by atoms with Crippen LogP contribution in [0.15, 0.2) is 60.7 Å². The molecule has 2 aromatic carbocycles. The first kappa shape index (κ1) is 50.5. The number of hydrogen-bond donors (Lipinski definition) is 0. The lowest BCUT2D eigenvalue weighted by Crippen LogP contribution is -2.29. The number of carbonyl (C=O) groups is 4. The molecule has 0 aliphatic carbocycles. The maximum absolute atomic E-state index is 12.0. The zero-order chi connectivity index (χ0) is 43.5. The van der Waals surface area contributed by atoms with Crippen LogP contribution in [0.4, 0.5) is 0 Å². The van der Waals surface area contributed by atoms with Gasteiger partial charge in [-0.25, -0.2) is 9.59 Å². The zero-order valence-electron chi connectivity index (χ0n) is 37.0. The largest absolute Gasteiger partial charge is 0.466 e. The van der Waals surface area contributed by atoms with E-state index in [0.717, 1.165) is 31.6 Å². The number of unbranched alkanes of at least 4 members (excludes halogenated alkanes) is 9. The molecular weight excluding hydrogens is 769 g/mol. The zero-order valence-corrected chi connectivity index (χ0v) is 37.0. The van der Waals surface area contributed by atoms with Crippen LogP contribution in [0.25, 0.3) is 0 Å². The fourth-order valence-corrected chi connectivity index (χ4v) is 6.70. The summed E-state index contributed by atoms with van der Waals surface area (Å²) in [4.78, 5) is 48.0. The molecule has 2 aliphatic rings. The van der Waals surface area contributed by atoms with E-state index in [1.54, 1.807) is 62.4 Å². The number of carbonyl (C=O) groups excluding carboxylic acids is 4. The van der Waals surface area contributed by atoms with Crippen LogP contribution in [0.1, 0.15) is 158 Å². The van der Waals surface area contributed by atoms with Gasteiger partial charge < -0.3 is 37.9 Å². The number of benzene rings is 2. The van der Waals surface area contributed by atoms with Crippen LogP contribution < -0.4 is 0 Å². The van der Waals surface area contributed by atoms with E-state index in [4.69, 9.17) is 37.9 Å². The predicted octanol–water partition coefficient (Wildman–Crippen LogP) is 9.95.